The zero-order valence-electron chi connectivity index (χ0n) is 15.9. The van der Waals surface area contributed by atoms with Gasteiger partial charge in [0.15, 0.2) is 0 Å². The van der Waals surface area contributed by atoms with E-state index in [2.05, 4.69) is 39.8 Å². The van der Waals surface area contributed by atoms with Gasteiger partial charge in [0.05, 0.1) is 17.8 Å². The van der Waals surface area contributed by atoms with Gasteiger partial charge >= 0.3 is 0 Å². The Morgan fingerprint density at radius 1 is 1.11 bits per heavy atom. The van der Waals surface area contributed by atoms with E-state index in [1.54, 1.807) is 11.1 Å². The van der Waals surface area contributed by atoms with E-state index in [1.165, 1.54) is 24.0 Å². The van der Waals surface area contributed by atoms with Crippen molar-refractivity contribution in [3.8, 4) is 0 Å². The Kier molecular flexibility index (Phi) is 4.61. The van der Waals surface area contributed by atoms with Crippen molar-refractivity contribution in [2.75, 3.05) is 23.5 Å². The highest BCUT2D eigenvalue weighted by Crippen LogP contribution is 2.40. The number of thioether (sulfide) groups is 1. The number of benzene rings is 2. The van der Waals surface area contributed by atoms with Crippen LogP contribution in [0.15, 0.2) is 48.7 Å². The number of hydrogen-bond donors (Lipinski definition) is 2. The molecule has 5 rings (SSSR count). The van der Waals surface area contributed by atoms with Crippen LogP contribution < -0.4 is 10.2 Å². The summed E-state index contributed by atoms with van der Waals surface area (Å²) in [5.41, 5.74) is 4.60. The van der Waals surface area contributed by atoms with Gasteiger partial charge in [-0.25, -0.2) is 0 Å². The van der Waals surface area contributed by atoms with E-state index in [1.807, 2.05) is 37.0 Å². The van der Waals surface area contributed by atoms with Crippen molar-refractivity contribution >= 4 is 34.3 Å². The Labute approximate surface area is 168 Å². The van der Waals surface area contributed by atoms with Crippen molar-refractivity contribution in [1.29, 1.82) is 0 Å². The van der Waals surface area contributed by atoms with Gasteiger partial charge < -0.3 is 4.90 Å². The lowest BCUT2D eigenvalue weighted by Crippen LogP contribution is -2.50. The van der Waals surface area contributed by atoms with Gasteiger partial charge in [-0.2, -0.15) is 16.9 Å². The number of H-pyrrole nitrogens is 1. The molecule has 2 atom stereocenters. The second-order valence-corrected chi connectivity index (χ2v) is 8.86. The molecule has 2 N–H and O–H groups in total. The van der Waals surface area contributed by atoms with Crippen molar-refractivity contribution in [2.24, 2.45) is 0 Å². The fourth-order valence-electron chi connectivity index (χ4n) is 3.89. The first-order chi connectivity index (χ1) is 13.7. The highest BCUT2D eigenvalue weighted by atomic mass is 32.2. The Balaban J connectivity index is 1.29. The van der Waals surface area contributed by atoms with Gasteiger partial charge in [0.2, 0.25) is 5.91 Å². The van der Waals surface area contributed by atoms with E-state index < -0.39 is 0 Å². The Hall–Kier alpha value is -2.31. The lowest BCUT2D eigenvalue weighted by Gasteiger charge is -2.32. The molecule has 1 amide bonds. The quantitative estimate of drug-likeness (QED) is 0.708. The summed E-state index contributed by atoms with van der Waals surface area (Å²) in [4.78, 5) is 14.9. The fourth-order valence-corrected chi connectivity index (χ4v) is 5.03. The predicted octanol–water partition coefficient (Wildman–Crippen LogP) is 3.85. The van der Waals surface area contributed by atoms with Gasteiger partial charge in [-0.15, -0.1) is 0 Å². The fraction of sp³-hybridized carbons (Fsp3) is 0.364. The summed E-state index contributed by atoms with van der Waals surface area (Å²) in [5, 5.41) is 11.6. The lowest BCUT2D eigenvalue weighted by molar-refractivity contribution is -0.120. The molecule has 0 bridgehead atoms. The van der Waals surface area contributed by atoms with Crippen molar-refractivity contribution in [3.05, 3.63) is 59.8 Å². The summed E-state index contributed by atoms with van der Waals surface area (Å²) in [6.45, 7) is 0. The average molecular weight is 393 g/mol. The van der Waals surface area contributed by atoms with Crippen LogP contribution in [0.5, 0.6) is 0 Å². The van der Waals surface area contributed by atoms with Gasteiger partial charge in [-0.1, -0.05) is 24.3 Å². The van der Waals surface area contributed by atoms with E-state index in [4.69, 9.17) is 0 Å². The second kappa shape index (κ2) is 7.26. The highest BCUT2D eigenvalue weighted by Gasteiger charge is 2.30. The van der Waals surface area contributed by atoms with Crippen LogP contribution in [0, 0.1) is 0 Å². The molecule has 1 unspecified atom stereocenters. The number of rotatable bonds is 4. The van der Waals surface area contributed by atoms with E-state index in [9.17, 15) is 4.79 Å². The molecular weight excluding hydrogens is 368 g/mol. The molecule has 2 aliphatic rings. The van der Waals surface area contributed by atoms with Gasteiger partial charge in [0, 0.05) is 35.7 Å². The first kappa shape index (κ1) is 17.8. The largest absolute Gasteiger partial charge is 0.314 e. The molecule has 1 aliphatic carbocycles. The third-order valence-electron chi connectivity index (χ3n) is 5.80. The molecular formula is C22H24N4OS. The topological polar surface area (TPSA) is 61.0 Å². The molecule has 2 fully saturated rings. The molecule has 0 radical (unpaired) electrons. The Morgan fingerprint density at radius 2 is 1.89 bits per heavy atom. The molecule has 3 aromatic rings. The third-order valence-corrected chi connectivity index (χ3v) is 6.94. The normalized spacial score (nSPS) is 22.3. The number of nitrogens with zero attached hydrogens (tertiary/aromatic N) is 2. The number of carbonyl (C=O) groups excluding carboxylic acids is 1. The molecule has 1 aliphatic heterocycles. The Bertz CT molecular complexity index is 995. The average Bonchev–Trinajstić information content (AvgIpc) is 3.50. The molecule has 144 valence electrons. The van der Waals surface area contributed by atoms with Crippen LogP contribution in [-0.2, 0) is 4.79 Å². The zero-order chi connectivity index (χ0) is 19.1. The van der Waals surface area contributed by atoms with Gasteiger partial charge in [0.1, 0.15) is 0 Å². The van der Waals surface area contributed by atoms with Crippen molar-refractivity contribution < 1.29 is 4.79 Å². The second-order valence-electron chi connectivity index (χ2n) is 7.79. The van der Waals surface area contributed by atoms with Crippen LogP contribution in [0.1, 0.15) is 35.9 Å². The van der Waals surface area contributed by atoms with Gasteiger partial charge in [0.25, 0.3) is 0 Å². The summed E-state index contributed by atoms with van der Waals surface area (Å²) in [7, 11) is 1.85. The van der Waals surface area contributed by atoms with Crippen molar-refractivity contribution in [2.45, 2.75) is 30.8 Å². The van der Waals surface area contributed by atoms with Gasteiger partial charge in [-0.05, 0) is 48.1 Å². The minimum atomic E-state index is -0.183. The number of aromatic nitrogens is 2. The molecule has 1 aromatic heterocycles. The number of hydrogen-bond acceptors (Lipinski definition) is 4. The maximum absolute atomic E-state index is 13.1. The number of fused-ring (bicyclic) bond motifs is 1. The van der Waals surface area contributed by atoms with Crippen LogP contribution in [0.4, 0.5) is 5.69 Å². The first-order valence-electron chi connectivity index (χ1n) is 9.83. The first-order valence-corrected chi connectivity index (χ1v) is 11.0. The summed E-state index contributed by atoms with van der Waals surface area (Å²) < 4.78 is 0. The summed E-state index contributed by atoms with van der Waals surface area (Å²) in [5.74, 6) is 2.68. The molecule has 5 nitrogen and oxygen atoms in total. The summed E-state index contributed by atoms with van der Waals surface area (Å²) >= 11 is 1.85. The summed E-state index contributed by atoms with van der Waals surface area (Å²) in [6, 6.07) is 14.9. The highest BCUT2D eigenvalue weighted by molar-refractivity contribution is 7.99. The van der Waals surface area contributed by atoms with E-state index in [0.29, 0.717) is 0 Å². The molecule has 6 heteroatoms. The maximum Gasteiger partial charge on any atom is 0.244 e. The SMILES string of the molecule is CN(C(=O)[C@@H]1CSCC(c2ccc(C3CC3)cc2)N1)c1ccc2[nH]ncc2c1. The molecule has 1 saturated heterocycles. The van der Waals surface area contributed by atoms with Crippen LogP contribution in [0.2, 0.25) is 0 Å². The monoisotopic (exact) mass is 392 g/mol. The van der Waals surface area contributed by atoms with E-state index in [-0.39, 0.29) is 18.0 Å². The molecule has 2 aromatic carbocycles. The smallest absolute Gasteiger partial charge is 0.244 e. The minimum Gasteiger partial charge on any atom is -0.314 e. The van der Waals surface area contributed by atoms with Crippen LogP contribution in [0.3, 0.4) is 0 Å². The molecule has 1 saturated carbocycles. The van der Waals surface area contributed by atoms with Gasteiger partial charge in [-0.3, -0.25) is 15.2 Å². The van der Waals surface area contributed by atoms with E-state index >= 15 is 0 Å². The number of carbonyl (C=O) groups is 1. The summed E-state index contributed by atoms with van der Waals surface area (Å²) in [6.07, 6.45) is 4.43. The van der Waals surface area contributed by atoms with Crippen LogP contribution in [-0.4, -0.2) is 40.7 Å². The number of aromatic amines is 1. The zero-order valence-corrected chi connectivity index (χ0v) is 16.7. The number of anilines is 1. The Morgan fingerprint density at radius 3 is 2.68 bits per heavy atom. The standard InChI is InChI=1S/C22H24N4OS/c1-26(18-8-9-19-17(10-18)11-23-25-19)22(27)21-13-28-12-20(24-21)16-6-4-15(5-7-16)14-2-3-14/h4-11,14,20-21,24H,2-3,12-13H2,1H3,(H,23,25)/t20?,21-/m0/s1. The predicted molar refractivity (Wildman–Crippen MR) is 115 cm³/mol. The number of amides is 1. The van der Waals surface area contributed by atoms with Crippen molar-refractivity contribution in [1.82, 2.24) is 15.5 Å². The molecule has 2 heterocycles. The van der Waals surface area contributed by atoms with Crippen LogP contribution in [0.25, 0.3) is 10.9 Å². The number of likely N-dealkylation sites (N-methyl/N-ethyl adjacent to an activating group) is 1. The van der Waals surface area contributed by atoms with E-state index in [0.717, 1.165) is 34.0 Å². The van der Waals surface area contributed by atoms with Crippen molar-refractivity contribution in [3.63, 3.8) is 0 Å². The van der Waals surface area contributed by atoms with Crippen LogP contribution >= 0.6 is 11.8 Å². The molecule has 28 heavy (non-hydrogen) atoms. The number of nitrogens with one attached hydrogen (secondary N) is 2. The maximum atomic E-state index is 13.1. The third kappa shape index (κ3) is 3.42. The minimum absolute atomic E-state index is 0.106. The molecule has 0 spiro atoms. The lowest BCUT2D eigenvalue weighted by atomic mass is 10.0.